The minimum atomic E-state index is -3.85. The molecule has 4 aromatic rings. The summed E-state index contributed by atoms with van der Waals surface area (Å²) in [6.45, 7) is 1.80. The summed E-state index contributed by atoms with van der Waals surface area (Å²) in [5.41, 5.74) is 2.93. The van der Waals surface area contributed by atoms with E-state index in [9.17, 15) is 17.6 Å². The van der Waals surface area contributed by atoms with Gasteiger partial charge in [-0.1, -0.05) is 18.2 Å². The van der Waals surface area contributed by atoms with Gasteiger partial charge in [-0.25, -0.2) is 22.5 Å². The first-order valence-electron chi connectivity index (χ1n) is 11.1. The van der Waals surface area contributed by atoms with Crippen molar-refractivity contribution in [2.45, 2.75) is 31.6 Å². The highest BCUT2D eigenvalue weighted by molar-refractivity contribution is 7.91. The van der Waals surface area contributed by atoms with Gasteiger partial charge in [0.15, 0.2) is 0 Å². The third-order valence-corrected chi connectivity index (χ3v) is 7.80. The van der Waals surface area contributed by atoms with Crippen LogP contribution in [-0.4, -0.2) is 41.2 Å². The van der Waals surface area contributed by atoms with Crippen LogP contribution in [0.25, 0.3) is 22.2 Å². The Kier molecular flexibility index (Phi) is 5.76. The van der Waals surface area contributed by atoms with Crippen LogP contribution in [0.4, 0.5) is 4.39 Å². The molecule has 0 atom stereocenters. The molecule has 0 aliphatic heterocycles. The fourth-order valence-corrected chi connectivity index (χ4v) is 5.43. The van der Waals surface area contributed by atoms with Crippen molar-refractivity contribution in [2.75, 3.05) is 7.11 Å². The number of aromatic nitrogens is 3. The van der Waals surface area contributed by atoms with Gasteiger partial charge in [-0.15, -0.1) is 0 Å². The summed E-state index contributed by atoms with van der Waals surface area (Å²) in [5, 5.41) is -0.590. The average molecular weight is 495 g/mol. The molecule has 1 N–H and O–H groups in total. The van der Waals surface area contributed by atoms with Crippen LogP contribution in [0.2, 0.25) is 0 Å². The second-order valence-corrected chi connectivity index (χ2v) is 10.4. The summed E-state index contributed by atoms with van der Waals surface area (Å²) in [6.07, 6.45) is 2.56. The molecular formula is C25H23FN4O4S. The molecular weight excluding hydrogens is 471 g/mol. The van der Waals surface area contributed by atoms with Gasteiger partial charge < -0.3 is 9.30 Å². The number of hydrogen-bond donors (Lipinski definition) is 1. The highest BCUT2D eigenvalue weighted by atomic mass is 32.2. The van der Waals surface area contributed by atoms with Crippen LogP contribution in [0.5, 0.6) is 5.88 Å². The van der Waals surface area contributed by atoms with Crippen LogP contribution >= 0.6 is 0 Å². The lowest BCUT2D eigenvalue weighted by Gasteiger charge is -2.14. The fourth-order valence-electron chi connectivity index (χ4n) is 4.15. The Morgan fingerprint density at radius 2 is 1.94 bits per heavy atom. The average Bonchev–Trinajstić information content (AvgIpc) is 3.65. The molecule has 8 nitrogen and oxygen atoms in total. The Bertz CT molecular complexity index is 1560. The first-order chi connectivity index (χ1) is 16.8. The number of ether oxygens (including phenoxy) is 1. The van der Waals surface area contributed by atoms with E-state index < -0.39 is 27.0 Å². The maximum absolute atomic E-state index is 14.7. The SMILES string of the molecule is COc1ncccc1-c1c(C(=O)NS(=O)(=O)C2CC2)n(Cc2ccccc2F)c2ccc(C)nc12. The second-order valence-electron chi connectivity index (χ2n) is 8.46. The predicted octanol–water partition coefficient (Wildman–Crippen LogP) is 3.82. The smallest absolute Gasteiger partial charge is 0.282 e. The van der Waals surface area contributed by atoms with Crippen LogP contribution in [-0.2, 0) is 16.6 Å². The monoisotopic (exact) mass is 494 g/mol. The topological polar surface area (TPSA) is 103 Å². The summed E-state index contributed by atoms with van der Waals surface area (Å²) in [4.78, 5) is 22.6. The van der Waals surface area contributed by atoms with E-state index >= 15 is 0 Å². The van der Waals surface area contributed by atoms with Crippen molar-refractivity contribution in [3.63, 3.8) is 0 Å². The number of halogens is 1. The lowest BCUT2D eigenvalue weighted by atomic mass is 10.1. The number of carbonyl (C=O) groups is 1. The van der Waals surface area contributed by atoms with Gasteiger partial charge in [0, 0.05) is 28.6 Å². The molecule has 0 saturated heterocycles. The molecule has 35 heavy (non-hydrogen) atoms. The summed E-state index contributed by atoms with van der Waals surface area (Å²) in [5.74, 6) is -1.00. The van der Waals surface area contributed by atoms with E-state index in [1.807, 2.05) is 6.92 Å². The van der Waals surface area contributed by atoms with Crippen molar-refractivity contribution < 1.29 is 22.3 Å². The standard InChI is InChI=1S/C25H23FN4O4S/c1-15-9-12-20-22(28-15)21(18-7-5-13-27-25(18)34-2)23(24(31)29-35(32,33)17-10-11-17)30(20)14-16-6-3-4-8-19(16)26/h3-9,12-13,17H,10-11,14H2,1-2H3,(H,29,31). The summed E-state index contributed by atoms with van der Waals surface area (Å²) >= 11 is 0. The van der Waals surface area contributed by atoms with Crippen molar-refractivity contribution in [1.82, 2.24) is 19.3 Å². The lowest BCUT2D eigenvalue weighted by molar-refractivity contribution is 0.0974. The number of hydrogen-bond acceptors (Lipinski definition) is 6. The zero-order chi connectivity index (χ0) is 24.7. The van der Waals surface area contributed by atoms with E-state index in [1.54, 1.807) is 53.2 Å². The van der Waals surface area contributed by atoms with Gasteiger partial charge in [-0.05, 0) is 50.1 Å². The van der Waals surface area contributed by atoms with Gasteiger partial charge in [-0.2, -0.15) is 0 Å². The molecule has 180 valence electrons. The van der Waals surface area contributed by atoms with Crippen molar-refractivity contribution in [1.29, 1.82) is 0 Å². The number of nitrogens with one attached hydrogen (secondary N) is 1. The normalized spacial score (nSPS) is 13.7. The van der Waals surface area contributed by atoms with Crippen LogP contribution in [0.3, 0.4) is 0 Å². The number of methoxy groups -OCH3 is 1. The van der Waals surface area contributed by atoms with Gasteiger partial charge in [0.2, 0.25) is 15.9 Å². The molecule has 5 rings (SSSR count). The molecule has 0 radical (unpaired) electrons. The highest BCUT2D eigenvalue weighted by Gasteiger charge is 2.38. The first-order valence-corrected chi connectivity index (χ1v) is 12.6. The van der Waals surface area contributed by atoms with E-state index in [1.165, 1.54) is 13.2 Å². The van der Waals surface area contributed by atoms with E-state index in [0.717, 1.165) is 0 Å². The Morgan fingerprint density at radius 1 is 1.17 bits per heavy atom. The molecule has 3 heterocycles. The highest BCUT2D eigenvalue weighted by Crippen LogP contribution is 2.39. The van der Waals surface area contributed by atoms with Crippen LogP contribution in [0.15, 0.2) is 54.7 Å². The van der Waals surface area contributed by atoms with Crippen molar-refractivity contribution in [2.24, 2.45) is 0 Å². The Labute approximate surface area is 201 Å². The molecule has 0 bridgehead atoms. The number of nitrogens with zero attached hydrogens (tertiary/aromatic N) is 3. The first kappa shape index (κ1) is 23.0. The third kappa shape index (κ3) is 4.25. The fraction of sp³-hybridized carbons (Fsp3) is 0.240. The van der Waals surface area contributed by atoms with Crippen molar-refractivity contribution in [3.05, 3.63) is 77.5 Å². The van der Waals surface area contributed by atoms with E-state index in [0.29, 0.717) is 46.3 Å². The number of fused-ring (bicyclic) bond motifs is 1. The predicted molar refractivity (Wildman–Crippen MR) is 129 cm³/mol. The minimum absolute atomic E-state index is 0.0112. The molecule has 0 spiro atoms. The zero-order valence-electron chi connectivity index (χ0n) is 19.2. The number of sulfonamides is 1. The van der Waals surface area contributed by atoms with Crippen LogP contribution < -0.4 is 9.46 Å². The molecule has 1 saturated carbocycles. The molecule has 1 aliphatic carbocycles. The summed E-state index contributed by atoms with van der Waals surface area (Å²) in [6, 6.07) is 13.2. The molecule has 3 aromatic heterocycles. The number of carbonyl (C=O) groups excluding carboxylic acids is 1. The lowest BCUT2D eigenvalue weighted by Crippen LogP contribution is -2.35. The molecule has 10 heteroatoms. The van der Waals surface area contributed by atoms with E-state index in [2.05, 4.69) is 14.7 Å². The van der Waals surface area contributed by atoms with Gasteiger partial charge >= 0.3 is 0 Å². The number of benzene rings is 1. The van der Waals surface area contributed by atoms with Crippen molar-refractivity contribution >= 4 is 27.0 Å². The van der Waals surface area contributed by atoms with E-state index in [-0.39, 0.29) is 18.1 Å². The Hall–Kier alpha value is -3.79. The zero-order valence-corrected chi connectivity index (χ0v) is 20.0. The maximum Gasteiger partial charge on any atom is 0.282 e. The molecule has 0 unspecified atom stereocenters. The molecule has 1 aliphatic rings. The third-order valence-electron chi connectivity index (χ3n) is 5.98. The summed E-state index contributed by atoms with van der Waals surface area (Å²) in [7, 11) is -2.39. The van der Waals surface area contributed by atoms with Crippen LogP contribution in [0.1, 0.15) is 34.6 Å². The molecule has 1 fully saturated rings. The molecule has 1 aromatic carbocycles. The van der Waals surface area contributed by atoms with Crippen molar-refractivity contribution in [3.8, 4) is 17.0 Å². The molecule has 1 amide bonds. The van der Waals surface area contributed by atoms with Gasteiger partial charge in [0.05, 0.1) is 29.9 Å². The minimum Gasteiger partial charge on any atom is -0.481 e. The van der Waals surface area contributed by atoms with Crippen LogP contribution in [0, 0.1) is 12.7 Å². The quantitative estimate of drug-likeness (QED) is 0.419. The van der Waals surface area contributed by atoms with Gasteiger partial charge in [0.25, 0.3) is 5.91 Å². The number of amides is 1. The largest absolute Gasteiger partial charge is 0.481 e. The Morgan fingerprint density at radius 3 is 2.66 bits per heavy atom. The van der Waals surface area contributed by atoms with E-state index in [4.69, 9.17) is 4.74 Å². The maximum atomic E-state index is 14.7. The van der Waals surface area contributed by atoms with Gasteiger partial charge in [-0.3, -0.25) is 9.78 Å². The number of aryl methyl sites for hydroxylation is 1. The second kappa shape index (κ2) is 8.77. The number of rotatable bonds is 7. The Balaban J connectivity index is 1.81. The number of pyridine rings is 2. The summed E-state index contributed by atoms with van der Waals surface area (Å²) < 4.78 is 49.3. The van der Waals surface area contributed by atoms with Gasteiger partial charge in [0.1, 0.15) is 11.5 Å².